The quantitative estimate of drug-likeness (QED) is 0.577. The summed E-state index contributed by atoms with van der Waals surface area (Å²) in [5.74, 6) is 0.490. The molecule has 122 valence electrons. The van der Waals surface area contributed by atoms with E-state index in [0.717, 1.165) is 32.4 Å². The van der Waals surface area contributed by atoms with Crippen LogP contribution in [0.4, 0.5) is 0 Å². The monoisotopic (exact) mass is 318 g/mol. The minimum Gasteiger partial charge on any atom is -0.375 e. The summed E-state index contributed by atoms with van der Waals surface area (Å²) in [7, 11) is -3.17. The van der Waals surface area contributed by atoms with Crippen molar-refractivity contribution in [3.63, 3.8) is 0 Å². The van der Waals surface area contributed by atoms with E-state index in [1.165, 1.54) is 6.26 Å². The van der Waals surface area contributed by atoms with Gasteiger partial charge in [0.15, 0.2) is 5.96 Å². The van der Waals surface area contributed by atoms with Crippen LogP contribution in [-0.4, -0.2) is 74.8 Å². The molecule has 2 aliphatic heterocycles. The summed E-state index contributed by atoms with van der Waals surface area (Å²) in [6, 6.07) is -0.0641. The number of nitrogens with zero attached hydrogens (tertiary/aromatic N) is 3. The van der Waals surface area contributed by atoms with Gasteiger partial charge >= 0.3 is 0 Å². The van der Waals surface area contributed by atoms with Crippen molar-refractivity contribution in [1.82, 2.24) is 9.21 Å². The Morgan fingerprint density at radius 3 is 2.81 bits per heavy atom. The second kappa shape index (κ2) is 6.93. The molecule has 8 heteroatoms. The molecule has 0 aromatic carbocycles. The first-order valence-corrected chi connectivity index (χ1v) is 9.36. The van der Waals surface area contributed by atoms with Gasteiger partial charge in [0.05, 0.1) is 25.5 Å². The van der Waals surface area contributed by atoms with Crippen LogP contribution in [0.1, 0.15) is 26.2 Å². The fraction of sp³-hybridized carbons (Fsp3) is 0.923. The number of guanidine groups is 1. The molecule has 2 aliphatic rings. The summed E-state index contributed by atoms with van der Waals surface area (Å²) in [4.78, 5) is 6.43. The van der Waals surface area contributed by atoms with Gasteiger partial charge in [0.25, 0.3) is 0 Å². The molecule has 0 amide bonds. The highest BCUT2D eigenvalue weighted by atomic mass is 32.2. The number of piperidine rings is 1. The highest BCUT2D eigenvalue weighted by Gasteiger charge is 2.29. The zero-order chi connectivity index (χ0) is 15.5. The van der Waals surface area contributed by atoms with E-state index in [4.69, 9.17) is 10.5 Å². The largest absolute Gasteiger partial charge is 0.375 e. The molecule has 2 rings (SSSR count). The Balaban J connectivity index is 1.97. The van der Waals surface area contributed by atoms with E-state index in [2.05, 4.69) is 4.99 Å². The van der Waals surface area contributed by atoms with E-state index < -0.39 is 10.0 Å². The fourth-order valence-corrected chi connectivity index (χ4v) is 4.09. The lowest BCUT2D eigenvalue weighted by Crippen LogP contribution is -2.49. The highest BCUT2D eigenvalue weighted by Crippen LogP contribution is 2.20. The van der Waals surface area contributed by atoms with E-state index in [1.54, 1.807) is 4.31 Å². The minimum absolute atomic E-state index is 0.0641. The molecule has 0 bridgehead atoms. The van der Waals surface area contributed by atoms with Crippen molar-refractivity contribution >= 4 is 16.0 Å². The summed E-state index contributed by atoms with van der Waals surface area (Å²) >= 11 is 0. The molecule has 2 saturated heterocycles. The van der Waals surface area contributed by atoms with Gasteiger partial charge in [-0.3, -0.25) is 4.99 Å². The molecule has 2 unspecified atom stereocenters. The highest BCUT2D eigenvalue weighted by molar-refractivity contribution is 7.88. The molecule has 2 heterocycles. The molecule has 0 aromatic heterocycles. The molecule has 0 saturated carbocycles. The Bertz CT molecular complexity index is 480. The Kier molecular flexibility index (Phi) is 5.45. The molecular formula is C13H26N4O3S. The molecule has 21 heavy (non-hydrogen) atoms. The molecule has 2 atom stereocenters. The molecule has 2 N–H and O–H groups in total. The first-order chi connectivity index (χ1) is 9.88. The maximum Gasteiger partial charge on any atom is 0.211 e. The smallest absolute Gasteiger partial charge is 0.211 e. The number of hydrogen-bond donors (Lipinski definition) is 1. The lowest BCUT2D eigenvalue weighted by Gasteiger charge is -2.34. The number of sulfonamides is 1. The van der Waals surface area contributed by atoms with Gasteiger partial charge in [-0.25, -0.2) is 8.42 Å². The van der Waals surface area contributed by atoms with Crippen LogP contribution in [-0.2, 0) is 14.8 Å². The van der Waals surface area contributed by atoms with E-state index in [0.29, 0.717) is 25.7 Å². The maximum atomic E-state index is 11.8. The summed E-state index contributed by atoms with van der Waals surface area (Å²) in [5, 5.41) is 0. The topological polar surface area (TPSA) is 88.2 Å². The normalized spacial score (nSPS) is 29.6. The van der Waals surface area contributed by atoms with Gasteiger partial charge in [-0.1, -0.05) is 6.42 Å². The Labute approximate surface area is 127 Å². The van der Waals surface area contributed by atoms with Crippen LogP contribution in [0.2, 0.25) is 0 Å². The zero-order valence-corrected chi connectivity index (χ0v) is 13.7. The van der Waals surface area contributed by atoms with Crippen molar-refractivity contribution in [3.05, 3.63) is 0 Å². The zero-order valence-electron chi connectivity index (χ0n) is 12.9. The predicted molar refractivity (Wildman–Crippen MR) is 82.7 cm³/mol. The molecule has 0 spiro atoms. The third kappa shape index (κ3) is 4.55. The number of nitrogens with two attached hydrogens (primary N) is 1. The van der Waals surface area contributed by atoms with Crippen molar-refractivity contribution in [2.75, 3.05) is 39.0 Å². The number of hydrogen-bond acceptors (Lipinski definition) is 4. The van der Waals surface area contributed by atoms with E-state index in [9.17, 15) is 8.42 Å². The Morgan fingerprint density at radius 2 is 2.14 bits per heavy atom. The summed E-state index contributed by atoms with van der Waals surface area (Å²) < 4.78 is 30.6. The molecule has 0 radical (unpaired) electrons. The van der Waals surface area contributed by atoms with Crippen molar-refractivity contribution < 1.29 is 13.2 Å². The van der Waals surface area contributed by atoms with Gasteiger partial charge in [-0.15, -0.1) is 0 Å². The fourth-order valence-electron chi connectivity index (χ4n) is 2.92. The molecule has 7 nitrogen and oxygen atoms in total. The van der Waals surface area contributed by atoms with Crippen molar-refractivity contribution in [2.24, 2.45) is 10.7 Å². The van der Waals surface area contributed by atoms with Crippen molar-refractivity contribution in [1.29, 1.82) is 0 Å². The third-order valence-corrected chi connectivity index (χ3v) is 5.36. The van der Waals surface area contributed by atoms with Crippen LogP contribution < -0.4 is 5.73 Å². The standard InChI is InChI=1S/C13H26N4O3S/c1-11-10-16(7-8-20-11)13(14)15-9-12-5-3-4-6-17(12)21(2,18)19/h11-12H,3-10H2,1-2H3,(H2,14,15). The summed E-state index contributed by atoms with van der Waals surface area (Å²) in [5.41, 5.74) is 6.03. The van der Waals surface area contributed by atoms with Crippen molar-refractivity contribution in [2.45, 2.75) is 38.3 Å². The van der Waals surface area contributed by atoms with E-state index in [1.807, 2.05) is 11.8 Å². The average molecular weight is 318 g/mol. The van der Waals surface area contributed by atoms with Gasteiger partial charge in [-0.2, -0.15) is 4.31 Å². The lowest BCUT2D eigenvalue weighted by molar-refractivity contribution is 0.00526. The molecule has 0 aromatic rings. The number of rotatable bonds is 3. The van der Waals surface area contributed by atoms with E-state index >= 15 is 0 Å². The molecular weight excluding hydrogens is 292 g/mol. The average Bonchev–Trinajstić information content (AvgIpc) is 2.44. The summed E-state index contributed by atoms with van der Waals surface area (Å²) in [6.07, 6.45) is 4.23. The molecule has 2 fully saturated rings. The number of morpholine rings is 1. The second-order valence-electron chi connectivity index (χ2n) is 5.85. The predicted octanol–water partition coefficient (Wildman–Crippen LogP) is -0.164. The Hall–Kier alpha value is -0.860. The van der Waals surface area contributed by atoms with Crippen molar-refractivity contribution in [3.8, 4) is 0 Å². The second-order valence-corrected chi connectivity index (χ2v) is 7.78. The van der Waals surface area contributed by atoms with Crippen LogP contribution >= 0.6 is 0 Å². The first-order valence-electron chi connectivity index (χ1n) is 7.51. The van der Waals surface area contributed by atoms with E-state index in [-0.39, 0.29) is 12.1 Å². The van der Waals surface area contributed by atoms with Gasteiger partial charge in [0.1, 0.15) is 0 Å². The lowest BCUT2D eigenvalue weighted by atomic mass is 10.1. The third-order valence-electron chi connectivity index (χ3n) is 4.03. The van der Waals surface area contributed by atoms with Gasteiger partial charge < -0.3 is 15.4 Å². The van der Waals surface area contributed by atoms with Crippen LogP contribution in [0, 0.1) is 0 Å². The number of aliphatic imine (C=N–C) groups is 1. The van der Waals surface area contributed by atoms with Crippen LogP contribution in [0.15, 0.2) is 4.99 Å². The van der Waals surface area contributed by atoms with Gasteiger partial charge in [0, 0.05) is 25.7 Å². The summed E-state index contributed by atoms with van der Waals surface area (Å²) in [6.45, 7) is 5.15. The molecule has 0 aliphatic carbocycles. The van der Waals surface area contributed by atoms with Crippen LogP contribution in [0.25, 0.3) is 0 Å². The van der Waals surface area contributed by atoms with Crippen LogP contribution in [0.3, 0.4) is 0 Å². The number of ether oxygens (including phenoxy) is 1. The SMILES string of the molecule is CC1CN(C(N)=NCC2CCCCN2S(C)(=O)=O)CCO1. The Morgan fingerprint density at radius 1 is 1.38 bits per heavy atom. The van der Waals surface area contributed by atoms with Gasteiger partial charge in [-0.05, 0) is 19.8 Å². The van der Waals surface area contributed by atoms with Gasteiger partial charge in [0.2, 0.25) is 10.0 Å². The minimum atomic E-state index is -3.17. The first kappa shape index (κ1) is 16.5. The van der Waals surface area contributed by atoms with Crippen LogP contribution in [0.5, 0.6) is 0 Å². The maximum absolute atomic E-state index is 11.8.